The first-order valence-electron chi connectivity index (χ1n) is 18.2. The predicted octanol–water partition coefficient (Wildman–Crippen LogP) is 9.17. The van der Waals surface area contributed by atoms with Crippen LogP contribution in [-0.4, -0.2) is 14.8 Å². The first kappa shape index (κ1) is 29.3. The average molecular weight is 668 g/mol. The molecule has 9 aromatic rings. The number of benzene rings is 7. The van der Waals surface area contributed by atoms with Gasteiger partial charge in [0.25, 0.3) is 0 Å². The summed E-state index contributed by atoms with van der Waals surface area (Å²) in [5.41, 5.74) is 10.7. The van der Waals surface area contributed by atoms with Crippen molar-refractivity contribution in [1.29, 1.82) is 0 Å². The smallest absolute Gasteiger partial charge is 0.215 e. The number of nitrogens with two attached hydrogens (primary N) is 1. The molecular weight excluding hydrogens is 633 g/mol. The molecule has 1 aliphatic carbocycles. The van der Waals surface area contributed by atoms with E-state index in [1.165, 1.54) is 71.0 Å². The van der Waals surface area contributed by atoms with Gasteiger partial charge >= 0.3 is 0 Å². The van der Waals surface area contributed by atoms with E-state index in [-0.39, 0.29) is 12.1 Å². The highest BCUT2D eigenvalue weighted by molar-refractivity contribution is 6.21. The molecule has 2 unspecified atom stereocenters. The second-order valence-corrected chi connectivity index (χ2v) is 14.1. The topological polar surface area (TPSA) is 38.8 Å². The first-order valence-corrected chi connectivity index (χ1v) is 18.2. The van der Waals surface area contributed by atoms with Gasteiger partial charge in [0.1, 0.15) is 11.4 Å². The van der Waals surface area contributed by atoms with Crippen molar-refractivity contribution in [2.45, 2.75) is 18.5 Å². The van der Waals surface area contributed by atoms with Gasteiger partial charge in [-0.25, -0.2) is 4.99 Å². The van der Waals surface area contributed by atoms with Crippen molar-refractivity contribution in [2.24, 2.45) is 4.99 Å². The summed E-state index contributed by atoms with van der Waals surface area (Å²) in [7, 11) is 0. The zero-order valence-corrected chi connectivity index (χ0v) is 28.5. The van der Waals surface area contributed by atoms with Crippen molar-refractivity contribution < 1.29 is 5.32 Å². The summed E-state index contributed by atoms with van der Waals surface area (Å²) >= 11 is 0. The van der Waals surface area contributed by atoms with Crippen LogP contribution in [0.1, 0.15) is 29.6 Å². The zero-order chi connectivity index (χ0) is 34.2. The van der Waals surface area contributed by atoms with Gasteiger partial charge in [-0.3, -0.25) is 9.88 Å². The van der Waals surface area contributed by atoms with E-state index >= 15 is 0 Å². The van der Waals surface area contributed by atoms with Crippen molar-refractivity contribution in [1.82, 2.24) is 9.13 Å². The molecule has 0 fully saturated rings. The van der Waals surface area contributed by atoms with E-state index in [4.69, 9.17) is 4.99 Å². The average Bonchev–Trinajstić information content (AvgIpc) is 3.73. The molecule has 4 heteroatoms. The number of hydrogen-bond acceptors (Lipinski definition) is 1. The Morgan fingerprint density at radius 1 is 0.596 bits per heavy atom. The number of hydrogen-bond donors (Lipinski definition) is 1. The molecule has 0 amide bonds. The Morgan fingerprint density at radius 2 is 1.33 bits per heavy atom. The van der Waals surface area contributed by atoms with E-state index in [0.717, 1.165) is 23.4 Å². The quantitative estimate of drug-likeness (QED) is 0.182. The third-order valence-electron chi connectivity index (χ3n) is 11.2. The van der Waals surface area contributed by atoms with Gasteiger partial charge < -0.3 is 4.57 Å². The molecule has 1 aliphatic heterocycles. The summed E-state index contributed by atoms with van der Waals surface area (Å²) in [6.07, 6.45) is 5.89. The molecule has 0 bridgehead atoms. The highest BCUT2D eigenvalue weighted by Gasteiger charge is 2.32. The van der Waals surface area contributed by atoms with E-state index in [0.29, 0.717) is 0 Å². The van der Waals surface area contributed by atoms with Crippen LogP contribution >= 0.6 is 0 Å². The van der Waals surface area contributed by atoms with Gasteiger partial charge in [0.05, 0.1) is 21.9 Å². The minimum atomic E-state index is -0.0408. The molecule has 2 aliphatic rings. The second kappa shape index (κ2) is 11.5. The molecule has 7 aromatic carbocycles. The lowest BCUT2D eigenvalue weighted by atomic mass is 9.90. The third-order valence-corrected chi connectivity index (χ3v) is 11.2. The molecule has 2 aromatic heterocycles. The van der Waals surface area contributed by atoms with Crippen LogP contribution in [0.2, 0.25) is 0 Å². The highest BCUT2D eigenvalue weighted by atomic mass is 15.2. The van der Waals surface area contributed by atoms with Crippen LogP contribution in [0.15, 0.2) is 169 Å². The van der Waals surface area contributed by atoms with Crippen LogP contribution in [0.25, 0.3) is 61.3 Å². The largest absolute Gasteiger partial charge is 0.309 e. The number of nitrogens with zero attached hydrogens (tertiary/aromatic N) is 3. The number of quaternary nitrogens is 1. The molecular formula is C48H35N4+. The molecule has 2 N–H and O–H groups in total. The van der Waals surface area contributed by atoms with Crippen molar-refractivity contribution in [2.75, 3.05) is 0 Å². The molecule has 3 heterocycles. The standard InChI is InChI=1S/C48H34N4/c1-3-14-32(15-4-1)47-48(50-41-21-11-10-20-40(41)49-47)52-42-22-12-9-19-37(42)38-29-33(24-26-43(38)52)34-25-27-44-39(30-34)46-36-18-8-7-13-31(36)23-28-45(46)51(44)35-16-5-2-6-17-35/h1-23,25-30,33,48,50H,24H2/p+1. The summed E-state index contributed by atoms with van der Waals surface area (Å²) in [6, 6.07) is 59.3. The van der Waals surface area contributed by atoms with Gasteiger partial charge in [0.15, 0.2) is 5.69 Å². The molecule has 4 nitrogen and oxygen atoms in total. The second-order valence-electron chi connectivity index (χ2n) is 14.1. The molecule has 0 saturated carbocycles. The van der Waals surface area contributed by atoms with Crippen molar-refractivity contribution in [3.05, 3.63) is 185 Å². The fraction of sp³-hybridized carbons (Fsp3) is 0.0625. The lowest BCUT2D eigenvalue weighted by molar-refractivity contribution is -0.615. The number of para-hydroxylation sites is 4. The number of aromatic nitrogens is 2. The van der Waals surface area contributed by atoms with Crippen LogP contribution in [-0.2, 0) is 0 Å². The van der Waals surface area contributed by atoms with E-state index < -0.39 is 0 Å². The summed E-state index contributed by atoms with van der Waals surface area (Å²) in [5.74, 6) is 0.250. The van der Waals surface area contributed by atoms with Crippen LogP contribution in [0.5, 0.6) is 0 Å². The SMILES string of the molecule is C1=c2c(n(C3[NH2+]c4ccccc4N=C3c3ccccc3)c3ccccc23)=CCC1c1ccc2c(c1)c1c3ccccc3ccc1n2-c1ccccc1. The lowest BCUT2D eigenvalue weighted by Crippen LogP contribution is -2.84. The van der Waals surface area contributed by atoms with E-state index in [2.05, 4.69) is 190 Å². The lowest BCUT2D eigenvalue weighted by Gasteiger charge is -2.26. The van der Waals surface area contributed by atoms with Crippen molar-refractivity contribution in [3.63, 3.8) is 0 Å². The molecule has 246 valence electrons. The summed E-state index contributed by atoms with van der Waals surface area (Å²) < 4.78 is 4.95. The highest BCUT2D eigenvalue weighted by Crippen LogP contribution is 2.39. The molecule has 2 atom stereocenters. The predicted molar refractivity (Wildman–Crippen MR) is 215 cm³/mol. The first-order chi connectivity index (χ1) is 25.8. The Kier molecular flexibility index (Phi) is 6.48. The van der Waals surface area contributed by atoms with E-state index in [9.17, 15) is 0 Å². The number of rotatable bonds is 4. The summed E-state index contributed by atoms with van der Waals surface area (Å²) in [4.78, 5) is 5.31. The Hall–Kier alpha value is -6.49. The van der Waals surface area contributed by atoms with Crippen LogP contribution in [0.4, 0.5) is 11.4 Å². The van der Waals surface area contributed by atoms with Crippen LogP contribution in [0, 0.1) is 0 Å². The zero-order valence-electron chi connectivity index (χ0n) is 28.5. The minimum Gasteiger partial charge on any atom is -0.309 e. The third kappa shape index (κ3) is 4.41. The maximum absolute atomic E-state index is 5.31. The Labute approximate surface area is 300 Å². The Bertz CT molecular complexity index is 3020. The van der Waals surface area contributed by atoms with Gasteiger partial charge in [-0.2, -0.15) is 0 Å². The molecule has 52 heavy (non-hydrogen) atoms. The van der Waals surface area contributed by atoms with Gasteiger partial charge in [-0.05, 0) is 65.2 Å². The molecule has 0 saturated heterocycles. The van der Waals surface area contributed by atoms with Gasteiger partial charge in [-0.15, -0.1) is 0 Å². The van der Waals surface area contributed by atoms with Crippen LogP contribution < -0.4 is 15.9 Å². The fourth-order valence-corrected chi connectivity index (χ4v) is 8.84. The van der Waals surface area contributed by atoms with Gasteiger partial charge in [0, 0.05) is 44.6 Å². The Morgan fingerprint density at radius 3 is 2.21 bits per heavy atom. The molecule has 11 rings (SSSR count). The van der Waals surface area contributed by atoms with Crippen molar-refractivity contribution >= 4 is 72.7 Å². The maximum atomic E-state index is 5.31. The van der Waals surface area contributed by atoms with Crippen molar-refractivity contribution in [3.8, 4) is 5.69 Å². The summed E-state index contributed by atoms with van der Waals surface area (Å²) in [5, 5.41) is 11.4. The van der Waals surface area contributed by atoms with E-state index in [1.807, 2.05) is 0 Å². The van der Waals surface area contributed by atoms with Crippen LogP contribution in [0.3, 0.4) is 0 Å². The Balaban J connectivity index is 1.11. The molecule has 0 radical (unpaired) electrons. The van der Waals surface area contributed by atoms with E-state index in [1.54, 1.807) is 0 Å². The number of fused-ring (bicyclic) bond motifs is 9. The normalized spacial score (nSPS) is 16.7. The molecule has 0 spiro atoms. The minimum absolute atomic E-state index is 0.0408. The summed E-state index contributed by atoms with van der Waals surface area (Å²) in [6.45, 7) is 0. The van der Waals surface area contributed by atoms with Gasteiger partial charge in [-0.1, -0.05) is 127 Å². The maximum Gasteiger partial charge on any atom is 0.215 e. The number of aliphatic imine (C=N–C) groups is 1. The van der Waals surface area contributed by atoms with Gasteiger partial charge in [0.2, 0.25) is 6.17 Å². The fourth-order valence-electron chi connectivity index (χ4n) is 8.84. The monoisotopic (exact) mass is 667 g/mol.